The van der Waals surface area contributed by atoms with Crippen LogP contribution in [-0.2, 0) is 20.7 Å². The van der Waals surface area contributed by atoms with E-state index in [1.165, 1.54) is 12.1 Å². The van der Waals surface area contributed by atoms with Crippen molar-refractivity contribution in [1.82, 2.24) is 19.7 Å². The van der Waals surface area contributed by atoms with Crippen LogP contribution in [0.5, 0.6) is 5.88 Å². The Hall–Kier alpha value is -3.28. The molecule has 1 aromatic heterocycles. The Kier molecular flexibility index (Phi) is 9.77. The minimum atomic E-state index is -0.597. The van der Waals surface area contributed by atoms with E-state index in [1.54, 1.807) is 23.2 Å². The van der Waals surface area contributed by atoms with Crippen LogP contribution in [0.1, 0.15) is 52.7 Å². The summed E-state index contributed by atoms with van der Waals surface area (Å²) >= 11 is 0. The molecule has 0 saturated carbocycles. The smallest absolute Gasteiger partial charge is 0.410 e. The maximum Gasteiger partial charge on any atom is 0.410 e. The number of ether oxygens (including phenoxy) is 3. The number of fused-ring (bicyclic) bond motifs is 1. The topological polar surface area (TPSA) is 87.7 Å². The van der Waals surface area contributed by atoms with E-state index in [0.717, 1.165) is 11.1 Å². The molecule has 2 saturated heterocycles. The van der Waals surface area contributed by atoms with Gasteiger partial charge in [-0.15, -0.1) is 0 Å². The summed E-state index contributed by atoms with van der Waals surface area (Å²) < 4.78 is 30.8. The van der Waals surface area contributed by atoms with Gasteiger partial charge >= 0.3 is 6.09 Å². The van der Waals surface area contributed by atoms with E-state index in [4.69, 9.17) is 14.2 Å². The summed E-state index contributed by atoms with van der Waals surface area (Å²) in [5, 5.41) is 0. The molecule has 0 bridgehead atoms. The number of amides is 2. The average Bonchev–Trinajstić information content (AvgIpc) is 2.96. The number of anilines is 1. The zero-order valence-electron chi connectivity index (χ0n) is 26.8. The lowest BCUT2D eigenvalue weighted by Crippen LogP contribution is -2.65. The van der Waals surface area contributed by atoms with Crippen LogP contribution in [0, 0.1) is 5.82 Å². The monoisotopic (exact) mass is 611 g/mol. The SMILES string of the molecule is C[C@@H]1CN(CC(=O)N2CCOc3ncc(Cc4ccc(F)cc4)cc32)[C@@H](CN2[C@H](C)COC[C@H]2C)CN1C(=O)OC(C)(C)C. The predicted molar refractivity (Wildman–Crippen MR) is 166 cm³/mol. The van der Waals surface area contributed by atoms with Crippen molar-refractivity contribution < 1.29 is 28.2 Å². The minimum Gasteiger partial charge on any atom is -0.474 e. The van der Waals surface area contributed by atoms with Crippen molar-refractivity contribution in [1.29, 1.82) is 0 Å². The third-order valence-electron chi connectivity index (χ3n) is 8.55. The predicted octanol–water partition coefficient (Wildman–Crippen LogP) is 3.96. The Balaban J connectivity index is 1.35. The zero-order chi connectivity index (χ0) is 31.6. The molecule has 0 aliphatic carbocycles. The van der Waals surface area contributed by atoms with Crippen LogP contribution in [0.25, 0.3) is 0 Å². The van der Waals surface area contributed by atoms with Crippen LogP contribution < -0.4 is 9.64 Å². The number of hydrogen-bond acceptors (Lipinski definition) is 8. The molecule has 5 rings (SSSR count). The summed E-state index contributed by atoms with van der Waals surface area (Å²) in [6.07, 6.45) is 1.98. The van der Waals surface area contributed by atoms with Crippen molar-refractivity contribution in [3.8, 4) is 5.88 Å². The molecule has 3 aliphatic heterocycles. The lowest BCUT2D eigenvalue weighted by Gasteiger charge is -2.49. The Morgan fingerprint density at radius 1 is 1.02 bits per heavy atom. The van der Waals surface area contributed by atoms with Gasteiger partial charge in [0.1, 0.15) is 23.7 Å². The van der Waals surface area contributed by atoms with Gasteiger partial charge in [-0.2, -0.15) is 0 Å². The second kappa shape index (κ2) is 13.4. The number of pyridine rings is 1. The van der Waals surface area contributed by atoms with Gasteiger partial charge in [0.15, 0.2) is 0 Å². The molecule has 4 heterocycles. The van der Waals surface area contributed by atoms with Crippen LogP contribution in [0.3, 0.4) is 0 Å². The molecule has 0 radical (unpaired) electrons. The highest BCUT2D eigenvalue weighted by Crippen LogP contribution is 2.32. The lowest BCUT2D eigenvalue weighted by molar-refractivity contribution is -0.122. The number of carbonyl (C=O) groups is 2. The zero-order valence-corrected chi connectivity index (χ0v) is 26.8. The van der Waals surface area contributed by atoms with Crippen LogP contribution in [-0.4, -0.2) is 114 Å². The largest absolute Gasteiger partial charge is 0.474 e. The average molecular weight is 612 g/mol. The van der Waals surface area contributed by atoms with E-state index in [1.807, 2.05) is 38.7 Å². The fourth-order valence-electron chi connectivity index (χ4n) is 6.28. The molecular formula is C33H46FN5O5. The number of aromatic nitrogens is 1. The van der Waals surface area contributed by atoms with Gasteiger partial charge in [0.25, 0.3) is 0 Å². The molecule has 2 fully saturated rings. The number of carbonyl (C=O) groups excluding carboxylic acids is 2. The molecule has 44 heavy (non-hydrogen) atoms. The van der Waals surface area contributed by atoms with Crippen molar-refractivity contribution in [2.45, 2.75) is 77.7 Å². The fourth-order valence-corrected chi connectivity index (χ4v) is 6.28. The summed E-state index contributed by atoms with van der Waals surface area (Å²) in [5.74, 6) is 0.115. The number of halogens is 1. The van der Waals surface area contributed by atoms with Crippen LogP contribution in [0.4, 0.5) is 14.9 Å². The maximum absolute atomic E-state index is 14.0. The van der Waals surface area contributed by atoms with Gasteiger partial charge in [-0.3, -0.25) is 14.6 Å². The van der Waals surface area contributed by atoms with Crippen LogP contribution in [0.15, 0.2) is 36.5 Å². The molecular weight excluding hydrogens is 565 g/mol. The van der Waals surface area contributed by atoms with Crippen molar-refractivity contribution in [2.24, 2.45) is 0 Å². The van der Waals surface area contributed by atoms with Gasteiger partial charge in [-0.05, 0) is 77.3 Å². The number of nitrogens with zero attached hydrogens (tertiary/aromatic N) is 5. The quantitative estimate of drug-likeness (QED) is 0.486. The van der Waals surface area contributed by atoms with Crippen LogP contribution >= 0.6 is 0 Å². The molecule has 0 unspecified atom stereocenters. The highest BCUT2D eigenvalue weighted by Gasteiger charge is 2.40. The first-order chi connectivity index (χ1) is 20.9. The van der Waals surface area contributed by atoms with Gasteiger partial charge in [0.05, 0.1) is 26.3 Å². The second-order valence-electron chi connectivity index (χ2n) is 13.4. The third kappa shape index (κ3) is 7.68. The Bertz CT molecular complexity index is 1310. The molecule has 1 aromatic carbocycles. The Morgan fingerprint density at radius 2 is 1.73 bits per heavy atom. The molecule has 3 aliphatic rings. The lowest BCUT2D eigenvalue weighted by atomic mass is 10.0. The molecule has 0 N–H and O–H groups in total. The van der Waals surface area contributed by atoms with Crippen molar-refractivity contribution in [2.75, 3.05) is 57.4 Å². The van der Waals surface area contributed by atoms with E-state index in [-0.39, 0.29) is 48.5 Å². The first-order valence-corrected chi connectivity index (χ1v) is 15.6. The Labute approximate surface area is 260 Å². The first-order valence-electron chi connectivity index (χ1n) is 15.6. The maximum atomic E-state index is 14.0. The van der Waals surface area contributed by atoms with E-state index < -0.39 is 5.60 Å². The normalized spacial score (nSPS) is 24.9. The fraction of sp³-hybridized carbons (Fsp3) is 0.606. The molecule has 4 atom stereocenters. The van der Waals surface area contributed by atoms with Crippen molar-refractivity contribution >= 4 is 17.7 Å². The Morgan fingerprint density at radius 3 is 2.41 bits per heavy atom. The number of piperazine rings is 1. The third-order valence-corrected chi connectivity index (χ3v) is 8.55. The molecule has 0 spiro atoms. The van der Waals surface area contributed by atoms with Crippen molar-refractivity contribution in [3.63, 3.8) is 0 Å². The van der Waals surface area contributed by atoms with Crippen LogP contribution in [0.2, 0.25) is 0 Å². The summed E-state index contributed by atoms with van der Waals surface area (Å²) in [7, 11) is 0. The number of benzene rings is 1. The first kappa shape index (κ1) is 32.1. The van der Waals surface area contributed by atoms with Gasteiger partial charge < -0.3 is 24.0 Å². The summed E-state index contributed by atoms with van der Waals surface area (Å²) in [6.45, 7) is 15.9. The van der Waals surface area contributed by atoms with Gasteiger partial charge in [-0.1, -0.05) is 12.1 Å². The molecule has 2 amide bonds. The molecule has 10 nitrogen and oxygen atoms in total. The number of morpholine rings is 1. The number of rotatable bonds is 6. The molecule has 2 aromatic rings. The highest BCUT2D eigenvalue weighted by atomic mass is 19.1. The molecule has 11 heteroatoms. The van der Waals surface area contributed by atoms with Gasteiger partial charge in [0, 0.05) is 50.0 Å². The molecule has 240 valence electrons. The van der Waals surface area contributed by atoms with E-state index >= 15 is 0 Å². The van der Waals surface area contributed by atoms with Crippen molar-refractivity contribution in [3.05, 3.63) is 53.5 Å². The minimum absolute atomic E-state index is 0.0405. The van der Waals surface area contributed by atoms with E-state index in [9.17, 15) is 14.0 Å². The number of hydrogen-bond donors (Lipinski definition) is 0. The summed E-state index contributed by atoms with van der Waals surface area (Å²) in [6, 6.07) is 8.58. The van der Waals surface area contributed by atoms with E-state index in [2.05, 4.69) is 28.6 Å². The second-order valence-corrected chi connectivity index (χ2v) is 13.4. The summed E-state index contributed by atoms with van der Waals surface area (Å²) in [5.41, 5.74) is 1.91. The van der Waals surface area contributed by atoms with Gasteiger partial charge in [-0.25, -0.2) is 14.2 Å². The highest BCUT2D eigenvalue weighted by molar-refractivity contribution is 5.96. The van der Waals surface area contributed by atoms with E-state index in [0.29, 0.717) is 64.0 Å². The van der Waals surface area contributed by atoms with Gasteiger partial charge in [0.2, 0.25) is 11.8 Å². The summed E-state index contributed by atoms with van der Waals surface area (Å²) in [4.78, 5) is 40.0. The standard InChI is InChI=1S/C33H46FN5O5/c1-22-16-36(28(17-38-23(2)20-42-21-24(38)3)18-39(22)32(41)44-33(4,5)6)19-30(40)37-11-12-43-31-29(37)14-26(15-35-31)13-25-7-9-27(34)10-8-25/h7-10,14-15,22-24,28H,11-13,16-21H2,1-6H3/t22-,23-,24-,28+/m1/s1.